The Morgan fingerprint density at radius 1 is 1.12 bits per heavy atom. The Morgan fingerprint density at radius 2 is 1.82 bits per heavy atom. The molecule has 2 N–H and O–H groups in total. The van der Waals surface area contributed by atoms with Crippen LogP contribution in [0, 0.1) is 11.3 Å². The number of hydrogen-bond donors (Lipinski definition) is 1. The smallest absolute Gasteiger partial charge is 0.00502 e. The number of hydrogen-bond acceptors (Lipinski definition) is 2. The molecule has 0 amide bonds. The summed E-state index contributed by atoms with van der Waals surface area (Å²) in [6, 6.07) is 0. The van der Waals surface area contributed by atoms with Crippen LogP contribution in [-0.2, 0) is 0 Å². The number of nitrogens with zero attached hydrogens (tertiary/aromatic N) is 1. The second-order valence-corrected chi connectivity index (χ2v) is 6.60. The molecule has 0 bridgehead atoms. The maximum atomic E-state index is 6.13. The molecule has 1 aliphatic heterocycles. The molecule has 2 rings (SSSR count). The molecule has 17 heavy (non-hydrogen) atoms. The number of rotatable bonds is 3. The molecule has 0 radical (unpaired) electrons. The third kappa shape index (κ3) is 3.69. The Labute approximate surface area is 107 Å². The van der Waals surface area contributed by atoms with Gasteiger partial charge in [-0.15, -0.1) is 0 Å². The van der Waals surface area contributed by atoms with Gasteiger partial charge < -0.3 is 10.6 Å². The zero-order valence-electron chi connectivity index (χ0n) is 11.6. The molecule has 0 aromatic rings. The Hall–Kier alpha value is -0.0800. The highest BCUT2D eigenvalue weighted by Crippen LogP contribution is 2.39. The van der Waals surface area contributed by atoms with Crippen LogP contribution in [0.2, 0.25) is 0 Å². The number of likely N-dealkylation sites (tertiary alicyclic amines) is 1. The quantitative estimate of drug-likeness (QED) is 0.819. The first-order valence-electron chi connectivity index (χ1n) is 7.66. The highest BCUT2D eigenvalue weighted by molar-refractivity contribution is 4.89. The lowest BCUT2D eigenvalue weighted by Gasteiger charge is -2.42. The summed E-state index contributed by atoms with van der Waals surface area (Å²) in [7, 11) is 0. The Morgan fingerprint density at radius 3 is 2.41 bits per heavy atom. The van der Waals surface area contributed by atoms with Gasteiger partial charge in [0.05, 0.1) is 0 Å². The highest BCUT2D eigenvalue weighted by Gasteiger charge is 2.35. The third-order valence-corrected chi connectivity index (χ3v) is 4.88. The molecule has 1 saturated heterocycles. The van der Waals surface area contributed by atoms with Crippen LogP contribution in [0.1, 0.15) is 58.3 Å². The van der Waals surface area contributed by atoms with Gasteiger partial charge in [-0.1, -0.05) is 32.6 Å². The molecular formula is C15H30N2. The fourth-order valence-electron chi connectivity index (χ4n) is 3.93. The molecule has 2 nitrogen and oxygen atoms in total. The van der Waals surface area contributed by atoms with Gasteiger partial charge in [0, 0.05) is 6.54 Å². The van der Waals surface area contributed by atoms with E-state index in [2.05, 4.69) is 11.8 Å². The zero-order valence-corrected chi connectivity index (χ0v) is 11.6. The molecule has 0 aromatic carbocycles. The van der Waals surface area contributed by atoms with Gasteiger partial charge in [0.25, 0.3) is 0 Å². The predicted octanol–water partition coefficient (Wildman–Crippen LogP) is 3.02. The van der Waals surface area contributed by atoms with Crippen LogP contribution in [0.5, 0.6) is 0 Å². The summed E-state index contributed by atoms with van der Waals surface area (Å²) in [5, 5.41) is 0. The molecule has 2 fully saturated rings. The summed E-state index contributed by atoms with van der Waals surface area (Å²) < 4.78 is 0. The molecule has 0 aromatic heterocycles. The Balaban J connectivity index is 1.92. The molecular weight excluding hydrogens is 208 g/mol. The number of nitrogens with two attached hydrogens (primary N) is 1. The van der Waals surface area contributed by atoms with Crippen LogP contribution >= 0.6 is 0 Å². The minimum Gasteiger partial charge on any atom is -0.330 e. The third-order valence-electron chi connectivity index (χ3n) is 4.88. The lowest BCUT2D eigenvalue weighted by Crippen LogP contribution is -2.45. The molecule has 2 heteroatoms. The van der Waals surface area contributed by atoms with Crippen LogP contribution in [0.4, 0.5) is 0 Å². The second-order valence-electron chi connectivity index (χ2n) is 6.60. The SMILES string of the molecule is CC1CCCC(CN)(CN2CCCCCC2)C1. The van der Waals surface area contributed by atoms with Gasteiger partial charge in [0.15, 0.2) is 0 Å². The van der Waals surface area contributed by atoms with Crippen LogP contribution in [-0.4, -0.2) is 31.1 Å². The fraction of sp³-hybridized carbons (Fsp3) is 1.00. The van der Waals surface area contributed by atoms with E-state index in [0.29, 0.717) is 5.41 Å². The summed E-state index contributed by atoms with van der Waals surface area (Å²) in [4.78, 5) is 2.71. The fourth-order valence-corrected chi connectivity index (χ4v) is 3.93. The van der Waals surface area contributed by atoms with Crippen molar-refractivity contribution in [3.63, 3.8) is 0 Å². The predicted molar refractivity (Wildman–Crippen MR) is 74.0 cm³/mol. The molecule has 2 atom stereocenters. The molecule has 2 aliphatic rings. The monoisotopic (exact) mass is 238 g/mol. The maximum absolute atomic E-state index is 6.13. The van der Waals surface area contributed by atoms with Crippen LogP contribution in [0.3, 0.4) is 0 Å². The largest absolute Gasteiger partial charge is 0.330 e. The molecule has 1 saturated carbocycles. The van der Waals surface area contributed by atoms with Crippen LogP contribution in [0.15, 0.2) is 0 Å². The van der Waals surface area contributed by atoms with E-state index in [-0.39, 0.29) is 0 Å². The van der Waals surface area contributed by atoms with Crippen molar-refractivity contribution in [1.82, 2.24) is 4.90 Å². The van der Waals surface area contributed by atoms with Gasteiger partial charge in [-0.3, -0.25) is 0 Å². The van der Waals surface area contributed by atoms with Gasteiger partial charge in [0.2, 0.25) is 0 Å². The first kappa shape index (κ1) is 13.4. The normalized spacial score (nSPS) is 36.7. The van der Waals surface area contributed by atoms with Crippen molar-refractivity contribution in [3.05, 3.63) is 0 Å². The Kier molecular flexibility index (Phi) is 4.87. The van der Waals surface area contributed by atoms with E-state index in [1.54, 1.807) is 0 Å². The van der Waals surface area contributed by atoms with Crippen LogP contribution < -0.4 is 5.73 Å². The molecule has 0 spiro atoms. The summed E-state index contributed by atoms with van der Waals surface area (Å²) in [6.45, 7) is 7.21. The molecule has 1 aliphatic carbocycles. The van der Waals surface area contributed by atoms with Crippen molar-refractivity contribution in [2.45, 2.75) is 58.3 Å². The van der Waals surface area contributed by atoms with Crippen molar-refractivity contribution in [2.24, 2.45) is 17.1 Å². The molecule has 2 unspecified atom stereocenters. The maximum Gasteiger partial charge on any atom is 0.00502 e. The van der Waals surface area contributed by atoms with Crippen LogP contribution in [0.25, 0.3) is 0 Å². The average molecular weight is 238 g/mol. The van der Waals surface area contributed by atoms with E-state index in [9.17, 15) is 0 Å². The van der Waals surface area contributed by atoms with Gasteiger partial charge in [-0.25, -0.2) is 0 Å². The Bertz CT molecular complexity index is 221. The van der Waals surface area contributed by atoms with Crippen molar-refractivity contribution in [2.75, 3.05) is 26.2 Å². The first-order valence-corrected chi connectivity index (χ1v) is 7.66. The summed E-state index contributed by atoms with van der Waals surface area (Å²) in [5.41, 5.74) is 6.58. The van der Waals surface area contributed by atoms with Gasteiger partial charge in [-0.2, -0.15) is 0 Å². The highest BCUT2D eigenvalue weighted by atomic mass is 15.1. The zero-order chi connectivity index (χ0) is 12.1. The summed E-state index contributed by atoms with van der Waals surface area (Å²) >= 11 is 0. The average Bonchev–Trinajstić information content (AvgIpc) is 2.57. The minimum absolute atomic E-state index is 0.446. The summed E-state index contributed by atoms with van der Waals surface area (Å²) in [5.74, 6) is 0.888. The van der Waals surface area contributed by atoms with E-state index in [4.69, 9.17) is 5.73 Å². The van der Waals surface area contributed by atoms with E-state index >= 15 is 0 Å². The second kappa shape index (κ2) is 6.19. The lowest BCUT2D eigenvalue weighted by molar-refractivity contribution is 0.0900. The minimum atomic E-state index is 0.446. The van der Waals surface area contributed by atoms with Crippen molar-refractivity contribution in [3.8, 4) is 0 Å². The lowest BCUT2D eigenvalue weighted by atomic mass is 9.69. The first-order chi connectivity index (χ1) is 8.24. The van der Waals surface area contributed by atoms with Gasteiger partial charge >= 0.3 is 0 Å². The van der Waals surface area contributed by atoms with Gasteiger partial charge in [-0.05, 0) is 56.7 Å². The van der Waals surface area contributed by atoms with E-state index in [1.165, 1.54) is 71.0 Å². The standard InChI is InChI=1S/C15H30N2/c1-14-7-6-8-15(11-14,12-16)13-17-9-4-2-3-5-10-17/h14H,2-13,16H2,1H3. The topological polar surface area (TPSA) is 29.3 Å². The van der Waals surface area contributed by atoms with Crippen molar-refractivity contribution >= 4 is 0 Å². The van der Waals surface area contributed by atoms with E-state index < -0.39 is 0 Å². The van der Waals surface area contributed by atoms with Gasteiger partial charge in [0.1, 0.15) is 0 Å². The van der Waals surface area contributed by atoms with E-state index in [0.717, 1.165) is 12.5 Å². The summed E-state index contributed by atoms with van der Waals surface area (Å²) in [6.07, 6.45) is 11.2. The molecule has 1 heterocycles. The van der Waals surface area contributed by atoms with E-state index in [1.807, 2.05) is 0 Å². The molecule has 100 valence electrons. The van der Waals surface area contributed by atoms with Crippen molar-refractivity contribution in [1.29, 1.82) is 0 Å². The van der Waals surface area contributed by atoms with Crippen molar-refractivity contribution < 1.29 is 0 Å².